The number of thiol groups is 1. The van der Waals surface area contributed by atoms with Crippen LogP contribution in [-0.4, -0.2) is 8.42 Å². The smallest absolute Gasteiger partial charge is 0.257 e. The van der Waals surface area contributed by atoms with E-state index in [1.54, 1.807) is 0 Å². The van der Waals surface area contributed by atoms with Crippen LogP contribution in [0.15, 0.2) is 22.7 Å². The van der Waals surface area contributed by atoms with Gasteiger partial charge >= 0.3 is 0 Å². The van der Waals surface area contributed by atoms with Gasteiger partial charge in [0, 0.05) is 4.47 Å². The van der Waals surface area contributed by atoms with Crippen LogP contribution in [-0.2, 0) is 15.2 Å². The van der Waals surface area contributed by atoms with Gasteiger partial charge in [-0.3, -0.25) is 4.18 Å². The van der Waals surface area contributed by atoms with E-state index in [4.69, 9.17) is 0 Å². The van der Waals surface area contributed by atoms with Gasteiger partial charge in [0.2, 0.25) is 0 Å². The fraction of sp³-hybridized carbons (Fsp3) is 0. The van der Waals surface area contributed by atoms with Gasteiger partial charge in [0.05, 0.1) is 0 Å². The molecule has 0 spiro atoms. The maximum Gasteiger partial charge on any atom is 0.257 e. The quantitative estimate of drug-likeness (QED) is 0.847. The van der Waals surface area contributed by atoms with Gasteiger partial charge in [-0.15, -0.1) is 0 Å². The average Bonchev–Trinajstić information content (AvgIpc) is 1.99. The molecule has 0 aromatic heterocycles. The summed E-state index contributed by atoms with van der Waals surface area (Å²) in [6, 6.07) is 3.94. The standard InChI is InChI=1S/C7H5BrFO3S/c8-6-1-5(2-7(9)3-6)4-12-13(10)11/h1-4,13H. The van der Waals surface area contributed by atoms with Crippen molar-refractivity contribution in [2.75, 3.05) is 0 Å². The highest BCUT2D eigenvalue weighted by molar-refractivity contribution is 9.10. The predicted molar refractivity (Wildman–Crippen MR) is 48.9 cm³/mol. The number of benzene rings is 1. The van der Waals surface area contributed by atoms with Gasteiger partial charge in [-0.05, 0) is 23.8 Å². The van der Waals surface area contributed by atoms with Gasteiger partial charge in [0.25, 0.3) is 11.0 Å². The summed E-state index contributed by atoms with van der Waals surface area (Å²) >= 11 is 3.05. The monoisotopic (exact) mass is 267 g/mol. The molecule has 0 aliphatic rings. The molecule has 0 saturated heterocycles. The zero-order chi connectivity index (χ0) is 9.84. The molecule has 13 heavy (non-hydrogen) atoms. The molecule has 6 heteroatoms. The minimum Gasteiger partial charge on any atom is -0.261 e. The fourth-order valence-corrected chi connectivity index (χ4v) is 1.44. The molecular weight excluding hydrogens is 263 g/mol. The van der Waals surface area contributed by atoms with E-state index in [9.17, 15) is 12.8 Å². The molecule has 0 aliphatic heterocycles. The SMILES string of the molecule is O=[SH](=O)O[CH]c1cc(F)cc(Br)c1. The minimum atomic E-state index is -2.94. The van der Waals surface area contributed by atoms with Crippen molar-refractivity contribution in [1.29, 1.82) is 0 Å². The Labute approximate surface area is 84.8 Å². The maximum atomic E-state index is 12.7. The fourth-order valence-electron chi connectivity index (χ4n) is 0.747. The van der Waals surface area contributed by atoms with Crippen LogP contribution in [0.1, 0.15) is 5.56 Å². The zero-order valence-corrected chi connectivity index (χ0v) is 8.72. The van der Waals surface area contributed by atoms with Crippen LogP contribution in [0.4, 0.5) is 4.39 Å². The van der Waals surface area contributed by atoms with Crippen molar-refractivity contribution in [1.82, 2.24) is 0 Å². The number of hydrogen-bond acceptors (Lipinski definition) is 3. The Morgan fingerprint density at radius 1 is 1.38 bits per heavy atom. The van der Waals surface area contributed by atoms with Crippen LogP contribution in [0.25, 0.3) is 0 Å². The third kappa shape index (κ3) is 3.84. The molecule has 0 atom stereocenters. The summed E-state index contributed by atoms with van der Waals surface area (Å²) in [6.45, 7) is 0.958. The van der Waals surface area contributed by atoms with Crippen molar-refractivity contribution >= 4 is 26.9 Å². The van der Waals surface area contributed by atoms with Crippen molar-refractivity contribution in [3.8, 4) is 0 Å². The van der Waals surface area contributed by atoms with E-state index in [1.807, 2.05) is 0 Å². The van der Waals surface area contributed by atoms with Gasteiger partial charge in [0.15, 0.2) is 0 Å². The maximum absolute atomic E-state index is 12.7. The molecule has 0 heterocycles. The molecule has 0 amide bonds. The van der Waals surface area contributed by atoms with Gasteiger partial charge in [0.1, 0.15) is 12.4 Å². The van der Waals surface area contributed by atoms with Crippen molar-refractivity contribution in [3.63, 3.8) is 0 Å². The molecule has 0 aliphatic carbocycles. The van der Waals surface area contributed by atoms with E-state index in [1.165, 1.54) is 12.1 Å². The highest BCUT2D eigenvalue weighted by atomic mass is 79.9. The lowest BCUT2D eigenvalue weighted by molar-refractivity contribution is 0.428. The lowest BCUT2D eigenvalue weighted by Gasteiger charge is -1.98. The van der Waals surface area contributed by atoms with E-state index in [2.05, 4.69) is 20.1 Å². The van der Waals surface area contributed by atoms with Gasteiger partial charge in [-0.1, -0.05) is 15.9 Å². The first-order valence-corrected chi connectivity index (χ1v) is 5.07. The molecule has 0 saturated carbocycles. The minimum absolute atomic E-state index is 0.339. The predicted octanol–water partition coefficient (Wildman–Crippen LogP) is 1.64. The largest absolute Gasteiger partial charge is 0.261 e. The molecule has 0 bridgehead atoms. The van der Waals surface area contributed by atoms with Crippen molar-refractivity contribution in [2.24, 2.45) is 0 Å². The van der Waals surface area contributed by atoms with Crippen LogP contribution in [0, 0.1) is 12.4 Å². The molecule has 1 aromatic carbocycles. The highest BCUT2D eigenvalue weighted by Crippen LogP contribution is 2.16. The summed E-state index contributed by atoms with van der Waals surface area (Å²) in [4.78, 5) is 0. The third-order valence-corrected chi connectivity index (χ3v) is 1.90. The second-order valence-electron chi connectivity index (χ2n) is 2.15. The number of rotatable bonds is 3. The number of hydrogen-bond donors (Lipinski definition) is 1. The Balaban J connectivity index is 2.77. The molecule has 1 aromatic rings. The van der Waals surface area contributed by atoms with E-state index in [0.29, 0.717) is 10.0 Å². The lowest BCUT2D eigenvalue weighted by Crippen LogP contribution is -1.89. The first-order chi connectivity index (χ1) is 6.08. The normalized spacial score (nSPS) is 10.7. The molecular formula is C7H5BrFO3S. The van der Waals surface area contributed by atoms with Gasteiger partial charge in [-0.2, -0.15) is 0 Å². The Morgan fingerprint density at radius 2 is 2.08 bits per heavy atom. The Kier molecular flexibility index (Phi) is 3.83. The molecule has 0 unspecified atom stereocenters. The molecule has 71 valence electrons. The third-order valence-electron chi connectivity index (χ3n) is 1.16. The second kappa shape index (κ2) is 4.69. The van der Waals surface area contributed by atoms with Gasteiger partial charge < -0.3 is 0 Å². The second-order valence-corrected chi connectivity index (χ2v) is 3.72. The molecule has 1 radical (unpaired) electrons. The summed E-state index contributed by atoms with van der Waals surface area (Å²) < 4.78 is 37.4. The summed E-state index contributed by atoms with van der Waals surface area (Å²) in [6.07, 6.45) is 0. The molecule has 3 nitrogen and oxygen atoms in total. The van der Waals surface area contributed by atoms with Crippen molar-refractivity contribution in [2.45, 2.75) is 0 Å². The van der Waals surface area contributed by atoms with Crippen LogP contribution in [0.2, 0.25) is 0 Å². The van der Waals surface area contributed by atoms with Gasteiger partial charge in [-0.25, -0.2) is 12.8 Å². The first kappa shape index (κ1) is 10.6. The topological polar surface area (TPSA) is 43.4 Å². The van der Waals surface area contributed by atoms with Crippen molar-refractivity contribution < 1.29 is 17.0 Å². The van der Waals surface area contributed by atoms with E-state index in [-0.39, 0.29) is 0 Å². The lowest BCUT2D eigenvalue weighted by atomic mass is 10.2. The van der Waals surface area contributed by atoms with Crippen LogP contribution in [0.3, 0.4) is 0 Å². The summed E-state index contributed by atoms with van der Waals surface area (Å²) in [7, 11) is -2.94. The Bertz CT molecular complexity index is 350. The van der Waals surface area contributed by atoms with E-state index < -0.39 is 16.8 Å². The average molecular weight is 268 g/mol. The highest BCUT2D eigenvalue weighted by Gasteiger charge is 2.00. The van der Waals surface area contributed by atoms with E-state index in [0.717, 1.165) is 12.7 Å². The summed E-state index contributed by atoms with van der Waals surface area (Å²) in [5.41, 5.74) is 0.339. The van der Waals surface area contributed by atoms with Crippen LogP contribution < -0.4 is 0 Å². The van der Waals surface area contributed by atoms with E-state index >= 15 is 0 Å². The summed E-state index contributed by atoms with van der Waals surface area (Å²) in [5.74, 6) is -0.467. The number of halogens is 2. The molecule has 0 N–H and O–H groups in total. The Morgan fingerprint density at radius 3 is 2.62 bits per heavy atom. The Hall–Kier alpha value is -0.460. The van der Waals surface area contributed by atoms with Crippen LogP contribution >= 0.6 is 15.9 Å². The molecule has 1 rings (SSSR count). The summed E-state index contributed by atoms with van der Waals surface area (Å²) in [5, 5.41) is 0. The van der Waals surface area contributed by atoms with Crippen LogP contribution in [0.5, 0.6) is 0 Å². The zero-order valence-electron chi connectivity index (χ0n) is 6.24. The first-order valence-electron chi connectivity index (χ1n) is 3.18. The molecule has 0 fully saturated rings. The van der Waals surface area contributed by atoms with Crippen molar-refractivity contribution in [3.05, 3.63) is 40.7 Å².